The molecular formula is C31H28F6O2. The van der Waals surface area contributed by atoms with Gasteiger partial charge in [0.2, 0.25) is 0 Å². The van der Waals surface area contributed by atoms with Gasteiger partial charge in [-0.25, -0.2) is 13.2 Å². The van der Waals surface area contributed by atoms with Crippen molar-refractivity contribution in [2.45, 2.75) is 51.8 Å². The van der Waals surface area contributed by atoms with Crippen LogP contribution in [0.2, 0.25) is 0 Å². The van der Waals surface area contributed by atoms with Crippen molar-refractivity contribution < 1.29 is 35.8 Å². The van der Waals surface area contributed by atoms with E-state index in [4.69, 9.17) is 4.74 Å². The molecule has 0 bridgehead atoms. The maximum atomic E-state index is 15.2. The molecule has 0 spiro atoms. The summed E-state index contributed by atoms with van der Waals surface area (Å²) in [5, 5.41) is 1.13. The van der Waals surface area contributed by atoms with E-state index in [2.05, 4.69) is 11.7 Å². The van der Waals surface area contributed by atoms with Crippen molar-refractivity contribution in [3.05, 3.63) is 106 Å². The standard InChI is InChI=1S/C31H28F6O2/c1-2-3-16-38-25-13-12-22(27(32)19-25)8-4-20-6-14-26-24(17-20)11-10-23(30(26)34)9-5-21-7-15-29(28(33)18-21)39-31(35,36)37/h6-7,10-15,17-19H,2-5,8-9,16H2,1H3. The zero-order valence-electron chi connectivity index (χ0n) is 21.4. The van der Waals surface area contributed by atoms with E-state index in [1.165, 1.54) is 12.1 Å². The van der Waals surface area contributed by atoms with Crippen molar-refractivity contribution in [2.75, 3.05) is 6.61 Å². The van der Waals surface area contributed by atoms with E-state index in [-0.39, 0.29) is 18.7 Å². The first-order chi connectivity index (χ1) is 18.6. The highest BCUT2D eigenvalue weighted by atomic mass is 19.4. The minimum Gasteiger partial charge on any atom is -0.493 e. The van der Waals surface area contributed by atoms with Crippen LogP contribution in [0.4, 0.5) is 26.3 Å². The molecule has 0 N–H and O–H groups in total. The Bertz CT molecular complexity index is 1430. The number of alkyl halides is 3. The first kappa shape index (κ1) is 28.3. The topological polar surface area (TPSA) is 18.5 Å². The lowest BCUT2D eigenvalue weighted by atomic mass is 9.97. The molecular weight excluding hydrogens is 518 g/mol. The third-order valence-corrected chi connectivity index (χ3v) is 6.48. The van der Waals surface area contributed by atoms with Gasteiger partial charge in [-0.1, -0.05) is 55.8 Å². The molecule has 0 unspecified atom stereocenters. The van der Waals surface area contributed by atoms with Crippen LogP contribution in [-0.2, 0) is 25.7 Å². The molecule has 8 heteroatoms. The summed E-state index contributed by atoms with van der Waals surface area (Å²) < 4.78 is 89.9. The summed E-state index contributed by atoms with van der Waals surface area (Å²) in [5.41, 5.74) is 2.35. The SMILES string of the molecule is CCCCOc1ccc(CCc2ccc3c(F)c(CCc4ccc(OC(F)(F)F)c(F)c4)ccc3c2)c(F)c1. The Balaban J connectivity index is 1.39. The number of hydrogen-bond acceptors (Lipinski definition) is 2. The van der Waals surface area contributed by atoms with Gasteiger partial charge in [-0.15, -0.1) is 13.2 Å². The normalized spacial score (nSPS) is 11.7. The number of halogens is 6. The number of rotatable bonds is 11. The number of unbranched alkanes of at least 4 members (excludes halogenated alkanes) is 1. The second-order valence-electron chi connectivity index (χ2n) is 9.36. The summed E-state index contributed by atoms with van der Waals surface area (Å²) >= 11 is 0. The van der Waals surface area contributed by atoms with Crippen molar-refractivity contribution in [3.63, 3.8) is 0 Å². The number of aryl methyl sites for hydroxylation is 4. The average Bonchev–Trinajstić information content (AvgIpc) is 2.89. The summed E-state index contributed by atoms with van der Waals surface area (Å²) in [7, 11) is 0. The van der Waals surface area contributed by atoms with Gasteiger partial charge < -0.3 is 9.47 Å². The van der Waals surface area contributed by atoms with E-state index in [9.17, 15) is 22.0 Å². The van der Waals surface area contributed by atoms with Crippen LogP contribution in [0.25, 0.3) is 10.8 Å². The average molecular weight is 547 g/mol. The van der Waals surface area contributed by atoms with Gasteiger partial charge >= 0.3 is 6.36 Å². The molecule has 4 aromatic carbocycles. The summed E-state index contributed by atoms with van der Waals surface area (Å²) in [4.78, 5) is 0. The number of benzene rings is 4. The van der Waals surface area contributed by atoms with E-state index in [0.29, 0.717) is 52.7 Å². The molecule has 0 amide bonds. The van der Waals surface area contributed by atoms with E-state index in [1.54, 1.807) is 30.3 Å². The van der Waals surface area contributed by atoms with Crippen LogP contribution < -0.4 is 9.47 Å². The molecule has 206 valence electrons. The van der Waals surface area contributed by atoms with Crippen LogP contribution in [0.15, 0.2) is 66.7 Å². The van der Waals surface area contributed by atoms with Crippen LogP contribution in [-0.4, -0.2) is 13.0 Å². The van der Waals surface area contributed by atoms with Crippen LogP contribution in [0.5, 0.6) is 11.5 Å². The fourth-order valence-electron chi connectivity index (χ4n) is 4.36. The van der Waals surface area contributed by atoms with Gasteiger partial charge in [0.05, 0.1) is 6.61 Å². The summed E-state index contributed by atoms with van der Waals surface area (Å²) in [5.74, 6) is -2.24. The van der Waals surface area contributed by atoms with E-state index in [0.717, 1.165) is 30.5 Å². The first-order valence-electron chi connectivity index (χ1n) is 12.8. The maximum absolute atomic E-state index is 15.2. The third-order valence-electron chi connectivity index (χ3n) is 6.48. The van der Waals surface area contributed by atoms with Crippen LogP contribution >= 0.6 is 0 Å². The predicted octanol–water partition coefficient (Wildman–Crippen LogP) is 8.90. The second kappa shape index (κ2) is 12.5. The van der Waals surface area contributed by atoms with Crippen LogP contribution in [0.1, 0.15) is 42.0 Å². The van der Waals surface area contributed by atoms with Gasteiger partial charge in [0.1, 0.15) is 17.4 Å². The number of fused-ring (bicyclic) bond motifs is 1. The highest BCUT2D eigenvalue weighted by Gasteiger charge is 2.32. The Morgan fingerprint density at radius 2 is 1.38 bits per heavy atom. The lowest BCUT2D eigenvalue weighted by Crippen LogP contribution is -2.18. The monoisotopic (exact) mass is 546 g/mol. The molecule has 0 aliphatic carbocycles. The highest BCUT2D eigenvalue weighted by molar-refractivity contribution is 5.84. The molecule has 4 rings (SSSR count). The number of hydrogen-bond donors (Lipinski definition) is 0. The third kappa shape index (κ3) is 7.68. The molecule has 0 fully saturated rings. The lowest BCUT2D eigenvalue weighted by Gasteiger charge is -2.11. The lowest BCUT2D eigenvalue weighted by molar-refractivity contribution is -0.275. The smallest absolute Gasteiger partial charge is 0.493 e. The molecule has 0 saturated carbocycles. The fourth-order valence-corrected chi connectivity index (χ4v) is 4.36. The van der Waals surface area contributed by atoms with Crippen molar-refractivity contribution in [1.29, 1.82) is 0 Å². The molecule has 0 atom stereocenters. The van der Waals surface area contributed by atoms with E-state index < -0.39 is 23.7 Å². The minimum atomic E-state index is -4.98. The molecule has 0 aliphatic heterocycles. The fraction of sp³-hybridized carbons (Fsp3) is 0.290. The summed E-state index contributed by atoms with van der Waals surface area (Å²) in [6.45, 7) is 2.61. The van der Waals surface area contributed by atoms with E-state index in [1.807, 2.05) is 12.1 Å². The number of ether oxygens (including phenoxy) is 2. The van der Waals surface area contributed by atoms with Crippen molar-refractivity contribution >= 4 is 10.8 Å². The zero-order chi connectivity index (χ0) is 28.0. The summed E-state index contributed by atoms with van der Waals surface area (Å²) in [6.07, 6.45) is -1.55. The first-order valence-corrected chi connectivity index (χ1v) is 12.8. The Hall–Kier alpha value is -3.68. The maximum Gasteiger partial charge on any atom is 0.573 e. The Morgan fingerprint density at radius 3 is 2.08 bits per heavy atom. The van der Waals surface area contributed by atoms with Crippen molar-refractivity contribution in [2.24, 2.45) is 0 Å². The molecule has 0 radical (unpaired) electrons. The van der Waals surface area contributed by atoms with Gasteiger partial charge in [-0.2, -0.15) is 0 Å². The molecule has 0 heterocycles. The van der Waals surface area contributed by atoms with Gasteiger partial charge in [0.25, 0.3) is 0 Å². The molecule has 0 saturated heterocycles. The Kier molecular flexibility index (Phi) is 9.04. The minimum absolute atomic E-state index is 0.234. The Morgan fingerprint density at radius 1 is 0.692 bits per heavy atom. The molecule has 0 aliphatic rings. The largest absolute Gasteiger partial charge is 0.573 e. The second-order valence-corrected chi connectivity index (χ2v) is 9.36. The van der Waals surface area contributed by atoms with E-state index >= 15 is 4.39 Å². The van der Waals surface area contributed by atoms with Gasteiger partial charge in [0, 0.05) is 11.5 Å². The van der Waals surface area contributed by atoms with Crippen LogP contribution in [0, 0.1) is 17.5 Å². The van der Waals surface area contributed by atoms with Gasteiger partial charge in [0.15, 0.2) is 11.6 Å². The molecule has 4 aromatic rings. The predicted molar refractivity (Wildman–Crippen MR) is 139 cm³/mol. The Labute approximate surface area is 223 Å². The molecule has 0 aromatic heterocycles. The van der Waals surface area contributed by atoms with Gasteiger partial charge in [-0.05, 0) is 77.9 Å². The van der Waals surface area contributed by atoms with Crippen LogP contribution in [0.3, 0.4) is 0 Å². The molecule has 2 nitrogen and oxygen atoms in total. The van der Waals surface area contributed by atoms with Gasteiger partial charge in [-0.3, -0.25) is 0 Å². The highest BCUT2D eigenvalue weighted by Crippen LogP contribution is 2.28. The summed E-state index contributed by atoms with van der Waals surface area (Å²) in [6, 6.07) is 16.9. The molecule has 39 heavy (non-hydrogen) atoms. The quantitative estimate of drug-likeness (QED) is 0.138. The van der Waals surface area contributed by atoms with Crippen molar-refractivity contribution in [1.82, 2.24) is 0 Å². The zero-order valence-corrected chi connectivity index (χ0v) is 21.4. The van der Waals surface area contributed by atoms with Crippen molar-refractivity contribution in [3.8, 4) is 11.5 Å².